The van der Waals surface area contributed by atoms with Crippen LogP contribution in [0, 0.1) is 0 Å². The van der Waals surface area contributed by atoms with Crippen LogP contribution in [0.25, 0.3) is 0 Å². The van der Waals surface area contributed by atoms with Gasteiger partial charge in [-0.2, -0.15) is 0 Å². The number of H-pyrrole nitrogens is 1. The van der Waals surface area contributed by atoms with Crippen LogP contribution >= 0.6 is 11.8 Å². The van der Waals surface area contributed by atoms with E-state index in [-0.39, 0.29) is 23.9 Å². The summed E-state index contributed by atoms with van der Waals surface area (Å²) in [5, 5.41) is 0.506. The molecule has 1 saturated heterocycles. The number of nitrogens with zero attached hydrogens (tertiary/aromatic N) is 3. The first-order valence-electron chi connectivity index (χ1n) is 13.1. The van der Waals surface area contributed by atoms with Gasteiger partial charge in [0.2, 0.25) is 5.91 Å². The van der Waals surface area contributed by atoms with Crippen molar-refractivity contribution in [3.63, 3.8) is 0 Å². The van der Waals surface area contributed by atoms with Crippen molar-refractivity contribution in [2.24, 2.45) is 0 Å². The van der Waals surface area contributed by atoms with Gasteiger partial charge in [0.15, 0.2) is 5.16 Å². The third-order valence-corrected chi connectivity index (χ3v) is 7.82. The van der Waals surface area contributed by atoms with Crippen LogP contribution in [0.4, 0.5) is 0 Å². The highest BCUT2D eigenvalue weighted by atomic mass is 32.2. The zero-order valence-corrected chi connectivity index (χ0v) is 22.8. The fraction of sp³-hybridized carbons (Fsp3) is 0.258. The molecule has 0 atom stereocenters. The normalized spacial score (nSPS) is 13.9. The van der Waals surface area contributed by atoms with Gasteiger partial charge in [-0.1, -0.05) is 84.6 Å². The van der Waals surface area contributed by atoms with Crippen molar-refractivity contribution < 1.29 is 9.53 Å². The molecule has 1 N–H and O–H groups in total. The molecule has 1 amide bonds. The summed E-state index contributed by atoms with van der Waals surface area (Å²) < 4.78 is 5.28. The van der Waals surface area contributed by atoms with Crippen molar-refractivity contribution in [2.75, 3.05) is 33.3 Å². The molecule has 0 radical (unpaired) electrons. The van der Waals surface area contributed by atoms with Crippen LogP contribution in [-0.2, 0) is 17.0 Å². The molecule has 200 valence electrons. The molecule has 2 heterocycles. The predicted octanol–water partition coefficient (Wildman–Crippen LogP) is 4.55. The number of nitrogens with one attached hydrogen (secondary N) is 1. The Morgan fingerprint density at radius 3 is 2.23 bits per heavy atom. The number of rotatable bonds is 9. The van der Waals surface area contributed by atoms with Crippen LogP contribution < -0.4 is 10.3 Å². The van der Waals surface area contributed by atoms with E-state index >= 15 is 0 Å². The van der Waals surface area contributed by atoms with E-state index in [0.717, 1.165) is 24.4 Å². The van der Waals surface area contributed by atoms with Crippen molar-refractivity contribution in [3.05, 3.63) is 124 Å². The van der Waals surface area contributed by atoms with Crippen LogP contribution in [0.5, 0.6) is 5.75 Å². The predicted molar refractivity (Wildman–Crippen MR) is 154 cm³/mol. The summed E-state index contributed by atoms with van der Waals surface area (Å²) >= 11 is 1.43. The monoisotopic (exact) mass is 540 g/mol. The Hall–Kier alpha value is -3.88. The molecule has 0 saturated carbocycles. The molecule has 5 rings (SSSR count). The Morgan fingerprint density at radius 1 is 0.923 bits per heavy atom. The second kappa shape index (κ2) is 12.8. The quantitative estimate of drug-likeness (QED) is 0.248. The van der Waals surface area contributed by atoms with E-state index in [2.05, 4.69) is 63.4 Å². The number of hydrogen-bond donors (Lipinski definition) is 1. The van der Waals surface area contributed by atoms with E-state index in [1.807, 2.05) is 41.3 Å². The average Bonchev–Trinajstić information content (AvgIpc) is 2.97. The highest BCUT2D eigenvalue weighted by Gasteiger charge is 2.28. The molecule has 0 aliphatic carbocycles. The summed E-state index contributed by atoms with van der Waals surface area (Å²) in [5.74, 6) is 1.41. The van der Waals surface area contributed by atoms with Gasteiger partial charge >= 0.3 is 0 Å². The summed E-state index contributed by atoms with van der Waals surface area (Å²) in [4.78, 5) is 37.2. The van der Waals surface area contributed by atoms with Crippen LogP contribution in [0.2, 0.25) is 0 Å². The number of carbonyl (C=O) groups excluding carboxylic acids is 1. The smallest absolute Gasteiger partial charge is 0.251 e. The first kappa shape index (κ1) is 26.7. The Morgan fingerprint density at radius 2 is 1.59 bits per heavy atom. The van der Waals surface area contributed by atoms with E-state index in [1.54, 1.807) is 7.11 Å². The van der Waals surface area contributed by atoms with Gasteiger partial charge in [-0.3, -0.25) is 14.5 Å². The van der Waals surface area contributed by atoms with Gasteiger partial charge in [-0.05, 0) is 28.8 Å². The largest absolute Gasteiger partial charge is 0.497 e. The summed E-state index contributed by atoms with van der Waals surface area (Å²) in [6.07, 6.45) is 0.109. The number of amides is 1. The maximum Gasteiger partial charge on any atom is 0.251 e. The molecule has 0 unspecified atom stereocenters. The maximum absolute atomic E-state index is 13.2. The van der Waals surface area contributed by atoms with Gasteiger partial charge < -0.3 is 14.6 Å². The van der Waals surface area contributed by atoms with E-state index in [9.17, 15) is 9.59 Å². The van der Waals surface area contributed by atoms with Gasteiger partial charge in [0.25, 0.3) is 5.56 Å². The standard InChI is InChI=1S/C31H32N4O3S/c1-38-27-14-8-9-23(19-27)22-39-31-32-26(20-28(36)33-31)21-29(37)34-15-17-35(18-16-34)30(24-10-4-2-5-11-24)25-12-6-3-7-13-25/h2-14,19-20,30H,15-18,21-22H2,1H3,(H,32,33,36). The molecule has 39 heavy (non-hydrogen) atoms. The molecule has 1 aliphatic heterocycles. The van der Waals surface area contributed by atoms with E-state index in [1.165, 1.54) is 29.0 Å². The van der Waals surface area contributed by atoms with Crippen molar-refractivity contribution in [2.45, 2.75) is 23.4 Å². The fourth-order valence-corrected chi connectivity index (χ4v) is 5.77. The molecule has 0 spiro atoms. The Labute approximate surface area is 232 Å². The minimum atomic E-state index is -0.251. The SMILES string of the molecule is COc1cccc(CSc2nc(CC(=O)N3CCN(C(c4ccccc4)c4ccccc4)CC3)cc(=O)[nH]2)c1. The van der Waals surface area contributed by atoms with E-state index in [0.29, 0.717) is 29.7 Å². The Kier molecular flexibility index (Phi) is 8.75. The summed E-state index contributed by atoms with van der Waals surface area (Å²) in [6, 6.07) is 30.4. The van der Waals surface area contributed by atoms with Crippen LogP contribution in [-0.4, -0.2) is 59.0 Å². The molecule has 1 fully saturated rings. The number of ether oxygens (including phenoxy) is 1. The first-order valence-corrected chi connectivity index (χ1v) is 14.1. The third-order valence-electron chi connectivity index (χ3n) is 6.88. The molecule has 1 aliphatic rings. The van der Waals surface area contributed by atoms with Gasteiger partial charge in [0, 0.05) is 38.0 Å². The summed E-state index contributed by atoms with van der Waals surface area (Å²) in [7, 11) is 1.64. The van der Waals surface area contributed by atoms with Crippen molar-refractivity contribution >= 4 is 17.7 Å². The number of benzene rings is 3. The number of methoxy groups -OCH3 is 1. The zero-order chi connectivity index (χ0) is 27.0. The van der Waals surface area contributed by atoms with Gasteiger partial charge in [0.05, 0.1) is 25.3 Å². The van der Waals surface area contributed by atoms with Crippen molar-refractivity contribution in [1.82, 2.24) is 19.8 Å². The molecule has 7 nitrogen and oxygen atoms in total. The van der Waals surface area contributed by atoms with Gasteiger partial charge in [-0.25, -0.2) is 4.98 Å². The summed E-state index contributed by atoms with van der Waals surface area (Å²) in [5.41, 5.74) is 3.79. The lowest BCUT2D eigenvalue weighted by Gasteiger charge is -2.39. The minimum Gasteiger partial charge on any atom is -0.497 e. The van der Waals surface area contributed by atoms with E-state index < -0.39 is 0 Å². The molecule has 0 bridgehead atoms. The molecule has 8 heteroatoms. The summed E-state index contributed by atoms with van der Waals surface area (Å²) in [6.45, 7) is 2.81. The van der Waals surface area contributed by atoms with E-state index in [4.69, 9.17) is 4.74 Å². The molecule has 3 aromatic carbocycles. The number of piperazine rings is 1. The molecular weight excluding hydrogens is 508 g/mol. The topological polar surface area (TPSA) is 78.5 Å². The number of thioether (sulfide) groups is 1. The van der Waals surface area contributed by atoms with Crippen molar-refractivity contribution in [1.29, 1.82) is 0 Å². The van der Waals surface area contributed by atoms with Crippen LogP contribution in [0.3, 0.4) is 0 Å². The van der Waals surface area contributed by atoms with Crippen LogP contribution in [0.1, 0.15) is 28.4 Å². The second-order valence-corrected chi connectivity index (χ2v) is 10.5. The number of aromatic nitrogens is 2. The molecular formula is C31H32N4O3S. The van der Waals surface area contributed by atoms with Crippen molar-refractivity contribution in [3.8, 4) is 5.75 Å². The van der Waals surface area contributed by atoms with Gasteiger partial charge in [0.1, 0.15) is 5.75 Å². The zero-order valence-electron chi connectivity index (χ0n) is 22.0. The first-order chi connectivity index (χ1) is 19.1. The number of aromatic amines is 1. The maximum atomic E-state index is 13.2. The Balaban J connectivity index is 1.21. The lowest BCUT2D eigenvalue weighted by atomic mass is 9.96. The fourth-order valence-electron chi connectivity index (χ4n) is 4.94. The number of carbonyl (C=O) groups is 1. The average molecular weight is 541 g/mol. The Bertz CT molecular complexity index is 1400. The minimum absolute atomic E-state index is 0.00697. The van der Waals surface area contributed by atoms with Gasteiger partial charge in [-0.15, -0.1) is 0 Å². The third kappa shape index (κ3) is 6.96. The lowest BCUT2D eigenvalue weighted by Crippen LogP contribution is -2.50. The molecule has 4 aromatic rings. The molecule has 1 aromatic heterocycles. The number of hydrogen-bond acceptors (Lipinski definition) is 6. The van der Waals surface area contributed by atoms with Crippen LogP contribution in [0.15, 0.2) is 101 Å². The second-order valence-electron chi connectivity index (χ2n) is 9.50. The highest BCUT2D eigenvalue weighted by molar-refractivity contribution is 7.98. The highest BCUT2D eigenvalue weighted by Crippen LogP contribution is 2.29. The lowest BCUT2D eigenvalue weighted by molar-refractivity contribution is -0.132.